The standard InChI is InChI=1S/C15H11ClN4O3/c16-11-5-6-19-9-12(18-14(19)7-11)8-17-15(21)10-1-3-13(4-2-10)20(22)23/h1-7,9H,8H2,(H,17,21). The van der Waals surface area contributed by atoms with Gasteiger partial charge in [-0.15, -0.1) is 0 Å². The Bertz CT molecular complexity index is 889. The second-order valence-corrected chi connectivity index (χ2v) is 5.27. The Morgan fingerprint density at radius 2 is 2.04 bits per heavy atom. The van der Waals surface area contributed by atoms with Crippen molar-refractivity contribution in [2.45, 2.75) is 6.54 Å². The third-order valence-electron chi connectivity index (χ3n) is 3.24. The minimum Gasteiger partial charge on any atom is -0.346 e. The lowest BCUT2D eigenvalue weighted by Crippen LogP contribution is -2.22. The lowest BCUT2D eigenvalue weighted by Gasteiger charge is -2.02. The SMILES string of the molecule is O=C(NCc1cn2ccc(Cl)cc2n1)c1ccc([N+](=O)[O-])cc1. The van der Waals surface area contributed by atoms with E-state index in [1.54, 1.807) is 28.9 Å². The van der Waals surface area contributed by atoms with E-state index in [2.05, 4.69) is 10.3 Å². The van der Waals surface area contributed by atoms with Crippen LogP contribution in [0.4, 0.5) is 5.69 Å². The Labute approximate surface area is 135 Å². The summed E-state index contributed by atoms with van der Waals surface area (Å²) in [5.41, 5.74) is 1.67. The van der Waals surface area contributed by atoms with Crippen LogP contribution in [-0.2, 0) is 6.54 Å². The monoisotopic (exact) mass is 330 g/mol. The molecule has 0 bridgehead atoms. The maximum atomic E-state index is 12.0. The molecule has 1 N–H and O–H groups in total. The largest absolute Gasteiger partial charge is 0.346 e. The second-order valence-electron chi connectivity index (χ2n) is 4.83. The number of pyridine rings is 1. The van der Waals surface area contributed by atoms with E-state index >= 15 is 0 Å². The van der Waals surface area contributed by atoms with E-state index < -0.39 is 4.92 Å². The van der Waals surface area contributed by atoms with Gasteiger partial charge in [0.15, 0.2) is 0 Å². The number of benzene rings is 1. The van der Waals surface area contributed by atoms with Crippen LogP contribution >= 0.6 is 11.6 Å². The molecule has 23 heavy (non-hydrogen) atoms. The van der Waals surface area contributed by atoms with Gasteiger partial charge in [0, 0.05) is 35.1 Å². The zero-order valence-electron chi connectivity index (χ0n) is 11.8. The molecule has 3 aromatic rings. The summed E-state index contributed by atoms with van der Waals surface area (Å²) < 4.78 is 1.80. The van der Waals surface area contributed by atoms with E-state index in [9.17, 15) is 14.9 Å². The number of nitro groups is 1. The average molecular weight is 331 g/mol. The van der Waals surface area contributed by atoms with Crippen LogP contribution in [0, 0.1) is 10.1 Å². The number of carbonyl (C=O) groups excluding carboxylic acids is 1. The fraction of sp³-hybridized carbons (Fsp3) is 0.0667. The van der Waals surface area contributed by atoms with Crippen LogP contribution in [0.1, 0.15) is 16.1 Å². The number of rotatable bonds is 4. The molecule has 1 amide bonds. The number of fused-ring (bicyclic) bond motifs is 1. The molecule has 0 atom stereocenters. The highest BCUT2D eigenvalue weighted by Gasteiger charge is 2.10. The molecule has 0 aliphatic carbocycles. The number of imidazole rings is 1. The predicted molar refractivity (Wildman–Crippen MR) is 84.5 cm³/mol. The van der Waals surface area contributed by atoms with Crippen LogP contribution in [0.15, 0.2) is 48.8 Å². The number of carbonyl (C=O) groups is 1. The molecule has 0 radical (unpaired) electrons. The highest BCUT2D eigenvalue weighted by Crippen LogP contribution is 2.13. The summed E-state index contributed by atoms with van der Waals surface area (Å²) in [5, 5.41) is 13.9. The number of nitrogens with one attached hydrogen (secondary N) is 1. The molecule has 2 heterocycles. The van der Waals surface area contributed by atoms with Crippen molar-refractivity contribution in [1.29, 1.82) is 0 Å². The Morgan fingerprint density at radius 1 is 1.30 bits per heavy atom. The number of nitrogens with zero attached hydrogens (tertiary/aromatic N) is 3. The van der Waals surface area contributed by atoms with E-state index in [-0.39, 0.29) is 18.1 Å². The predicted octanol–water partition coefficient (Wildman–Crippen LogP) is 2.83. The number of hydrogen-bond donors (Lipinski definition) is 1. The summed E-state index contributed by atoms with van der Waals surface area (Å²) in [4.78, 5) is 26.5. The van der Waals surface area contributed by atoms with E-state index in [4.69, 9.17) is 11.6 Å². The number of aromatic nitrogens is 2. The van der Waals surface area contributed by atoms with Gasteiger partial charge in [0.1, 0.15) is 5.65 Å². The number of non-ortho nitro benzene ring substituents is 1. The molecule has 116 valence electrons. The van der Waals surface area contributed by atoms with Crippen molar-refractivity contribution in [3.05, 3.63) is 75.2 Å². The van der Waals surface area contributed by atoms with Gasteiger partial charge in [-0.2, -0.15) is 0 Å². The Balaban J connectivity index is 1.68. The van der Waals surface area contributed by atoms with Crippen LogP contribution in [0.2, 0.25) is 5.02 Å². The van der Waals surface area contributed by atoms with Gasteiger partial charge in [0.05, 0.1) is 17.2 Å². The third kappa shape index (κ3) is 3.29. The smallest absolute Gasteiger partial charge is 0.269 e. The molecule has 0 aliphatic heterocycles. The molecule has 0 saturated carbocycles. The van der Waals surface area contributed by atoms with Gasteiger partial charge in [0.2, 0.25) is 0 Å². The van der Waals surface area contributed by atoms with Gasteiger partial charge in [-0.1, -0.05) is 11.6 Å². The summed E-state index contributed by atoms with van der Waals surface area (Å²) in [6, 6.07) is 8.89. The first-order valence-corrected chi connectivity index (χ1v) is 7.06. The quantitative estimate of drug-likeness (QED) is 0.588. The Hall–Kier alpha value is -2.93. The average Bonchev–Trinajstić information content (AvgIpc) is 2.94. The zero-order valence-corrected chi connectivity index (χ0v) is 12.5. The van der Waals surface area contributed by atoms with Gasteiger partial charge in [0.25, 0.3) is 11.6 Å². The highest BCUT2D eigenvalue weighted by molar-refractivity contribution is 6.30. The first-order valence-electron chi connectivity index (χ1n) is 6.69. The second kappa shape index (κ2) is 6.05. The molecule has 0 spiro atoms. The Morgan fingerprint density at radius 3 is 2.74 bits per heavy atom. The van der Waals surface area contributed by atoms with Gasteiger partial charge < -0.3 is 9.72 Å². The molecule has 2 aromatic heterocycles. The van der Waals surface area contributed by atoms with Gasteiger partial charge in [-0.05, 0) is 24.3 Å². The number of hydrogen-bond acceptors (Lipinski definition) is 4. The molecule has 3 rings (SSSR count). The van der Waals surface area contributed by atoms with Gasteiger partial charge in [-0.25, -0.2) is 4.98 Å². The summed E-state index contributed by atoms with van der Waals surface area (Å²) in [6.45, 7) is 0.245. The van der Waals surface area contributed by atoms with Crippen LogP contribution in [0.3, 0.4) is 0 Å². The van der Waals surface area contributed by atoms with E-state index in [0.717, 1.165) is 0 Å². The number of halogens is 1. The van der Waals surface area contributed by atoms with Crippen molar-refractivity contribution >= 4 is 28.8 Å². The number of nitro benzene ring substituents is 1. The Kier molecular flexibility index (Phi) is 3.94. The van der Waals surface area contributed by atoms with E-state index in [0.29, 0.717) is 21.9 Å². The minimum atomic E-state index is -0.510. The molecule has 7 nitrogen and oxygen atoms in total. The summed E-state index contributed by atoms with van der Waals surface area (Å²) >= 11 is 5.90. The van der Waals surface area contributed by atoms with Crippen molar-refractivity contribution < 1.29 is 9.72 Å². The fourth-order valence-electron chi connectivity index (χ4n) is 2.10. The van der Waals surface area contributed by atoms with Crippen LogP contribution < -0.4 is 5.32 Å². The maximum absolute atomic E-state index is 12.0. The highest BCUT2D eigenvalue weighted by atomic mass is 35.5. The van der Waals surface area contributed by atoms with Crippen LogP contribution in [0.25, 0.3) is 5.65 Å². The van der Waals surface area contributed by atoms with Crippen LogP contribution in [0.5, 0.6) is 0 Å². The van der Waals surface area contributed by atoms with Gasteiger partial charge in [-0.3, -0.25) is 14.9 Å². The number of amides is 1. The molecule has 0 fully saturated rings. The van der Waals surface area contributed by atoms with Crippen molar-refractivity contribution in [1.82, 2.24) is 14.7 Å². The lowest BCUT2D eigenvalue weighted by atomic mass is 10.2. The molecular formula is C15H11ClN4O3. The molecular weight excluding hydrogens is 320 g/mol. The van der Waals surface area contributed by atoms with Crippen molar-refractivity contribution in [3.63, 3.8) is 0 Å². The minimum absolute atomic E-state index is 0.0567. The molecule has 0 aliphatic rings. The first-order chi connectivity index (χ1) is 11.0. The van der Waals surface area contributed by atoms with E-state index in [1.165, 1.54) is 24.3 Å². The summed E-state index contributed by atoms with van der Waals surface area (Å²) in [6.07, 6.45) is 3.58. The summed E-state index contributed by atoms with van der Waals surface area (Å²) in [5.74, 6) is -0.324. The molecule has 0 saturated heterocycles. The zero-order chi connectivity index (χ0) is 16.4. The van der Waals surface area contributed by atoms with Gasteiger partial charge >= 0.3 is 0 Å². The normalized spacial score (nSPS) is 10.7. The first kappa shape index (κ1) is 15.0. The van der Waals surface area contributed by atoms with Crippen molar-refractivity contribution in [2.75, 3.05) is 0 Å². The fourth-order valence-corrected chi connectivity index (χ4v) is 2.26. The van der Waals surface area contributed by atoms with Crippen molar-refractivity contribution in [2.24, 2.45) is 0 Å². The topological polar surface area (TPSA) is 89.5 Å². The van der Waals surface area contributed by atoms with E-state index in [1.807, 2.05) is 0 Å². The maximum Gasteiger partial charge on any atom is 0.269 e. The summed E-state index contributed by atoms with van der Waals surface area (Å²) in [7, 11) is 0. The molecule has 8 heteroatoms. The third-order valence-corrected chi connectivity index (χ3v) is 3.48. The van der Waals surface area contributed by atoms with Crippen LogP contribution in [-0.4, -0.2) is 20.2 Å². The molecule has 1 aromatic carbocycles. The molecule has 0 unspecified atom stereocenters. The van der Waals surface area contributed by atoms with Crippen molar-refractivity contribution in [3.8, 4) is 0 Å². The lowest BCUT2D eigenvalue weighted by molar-refractivity contribution is -0.384.